The number of carbonyl (C=O) groups is 2. The molecule has 156 valence electrons. The molecule has 1 aromatic rings. The van der Waals surface area contributed by atoms with Crippen LogP contribution < -0.4 is 0 Å². The van der Waals surface area contributed by atoms with Crippen LogP contribution in [0, 0.1) is 5.92 Å². The number of esters is 1. The molecule has 2 rings (SSSR count). The van der Waals surface area contributed by atoms with Gasteiger partial charge < -0.3 is 9.64 Å². The lowest BCUT2D eigenvalue weighted by molar-refractivity contribution is -0.150. The molecule has 1 aliphatic rings. The summed E-state index contributed by atoms with van der Waals surface area (Å²) < 4.78 is 5.45. The number of ether oxygens (including phenoxy) is 1. The van der Waals surface area contributed by atoms with Gasteiger partial charge in [0, 0.05) is 18.7 Å². The molecule has 0 aliphatic carbocycles. The summed E-state index contributed by atoms with van der Waals surface area (Å²) in [6.07, 6.45) is 10.6. The average molecular weight is 388 g/mol. The van der Waals surface area contributed by atoms with Crippen LogP contribution in [-0.4, -0.2) is 36.5 Å². The van der Waals surface area contributed by atoms with E-state index < -0.39 is 0 Å². The SMILES string of the molecule is CCCCCCCOC(=O)C1CCN(C(=O)c2ccc(CCCC)cc2)CC1. The van der Waals surface area contributed by atoms with Gasteiger partial charge in [0.2, 0.25) is 0 Å². The van der Waals surface area contributed by atoms with Crippen LogP contribution in [0.3, 0.4) is 0 Å². The molecule has 0 aromatic heterocycles. The van der Waals surface area contributed by atoms with Gasteiger partial charge in [-0.15, -0.1) is 0 Å². The summed E-state index contributed by atoms with van der Waals surface area (Å²) in [5.74, 6) is -0.0660. The minimum atomic E-state index is -0.0807. The molecule has 1 aliphatic heterocycles. The number of rotatable bonds is 11. The van der Waals surface area contributed by atoms with Crippen LogP contribution in [0.4, 0.5) is 0 Å². The van der Waals surface area contributed by atoms with Gasteiger partial charge in [-0.1, -0.05) is 58.1 Å². The molecular formula is C24H37NO3. The summed E-state index contributed by atoms with van der Waals surface area (Å²) in [5.41, 5.74) is 2.03. The standard InChI is InChI=1S/C24H37NO3/c1-3-5-7-8-9-19-28-24(27)22-15-17-25(18-16-22)23(26)21-13-11-20(12-14-21)10-6-4-2/h11-14,22H,3-10,15-19H2,1-2H3. The van der Waals surface area contributed by atoms with E-state index in [0.29, 0.717) is 32.5 Å². The molecule has 0 atom stereocenters. The van der Waals surface area contributed by atoms with Crippen LogP contribution in [0.5, 0.6) is 0 Å². The summed E-state index contributed by atoms with van der Waals surface area (Å²) in [6.45, 7) is 6.18. The lowest BCUT2D eigenvalue weighted by atomic mass is 9.96. The van der Waals surface area contributed by atoms with Crippen molar-refractivity contribution >= 4 is 11.9 Å². The molecule has 0 spiro atoms. The Morgan fingerprint density at radius 3 is 2.21 bits per heavy atom. The Hall–Kier alpha value is -1.84. The largest absolute Gasteiger partial charge is 0.465 e. The first-order valence-electron chi connectivity index (χ1n) is 11.2. The number of hydrogen-bond acceptors (Lipinski definition) is 3. The van der Waals surface area contributed by atoms with Gasteiger partial charge in [-0.05, 0) is 49.8 Å². The zero-order valence-electron chi connectivity index (χ0n) is 17.8. The molecule has 0 unspecified atom stereocenters. The van der Waals surface area contributed by atoms with Crippen molar-refractivity contribution in [1.82, 2.24) is 4.90 Å². The maximum atomic E-state index is 12.7. The molecule has 0 N–H and O–H groups in total. The summed E-state index contributed by atoms with van der Waals surface area (Å²) in [4.78, 5) is 26.8. The molecule has 4 heteroatoms. The molecule has 28 heavy (non-hydrogen) atoms. The van der Waals surface area contributed by atoms with Crippen molar-refractivity contribution in [2.24, 2.45) is 5.92 Å². The summed E-state index contributed by atoms with van der Waals surface area (Å²) in [5, 5.41) is 0. The van der Waals surface area contributed by atoms with Crippen LogP contribution in [0.15, 0.2) is 24.3 Å². The molecule has 0 radical (unpaired) electrons. The first kappa shape index (κ1) is 22.4. The van der Waals surface area contributed by atoms with E-state index in [2.05, 4.69) is 26.0 Å². The molecular weight excluding hydrogens is 350 g/mol. The Morgan fingerprint density at radius 2 is 1.57 bits per heavy atom. The lowest BCUT2D eigenvalue weighted by Crippen LogP contribution is -2.40. The first-order valence-corrected chi connectivity index (χ1v) is 11.2. The van der Waals surface area contributed by atoms with E-state index >= 15 is 0 Å². The number of amides is 1. The van der Waals surface area contributed by atoms with Crippen LogP contribution in [0.1, 0.15) is 87.6 Å². The molecule has 1 amide bonds. The Balaban J connectivity index is 1.70. The first-order chi connectivity index (χ1) is 13.7. The number of unbranched alkanes of at least 4 members (excludes halogenated alkanes) is 5. The molecule has 1 fully saturated rings. The van der Waals surface area contributed by atoms with E-state index in [1.807, 2.05) is 17.0 Å². The van der Waals surface area contributed by atoms with Crippen LogP contribution in [-0.2, 0) is 16.0 Å². The highest BCUT2D eigenvalue weighted by molar-refractivity contribution is 5.94. The predicted molar refractivity (Wildman–Crippen MR) is 113 cm³/mol. The number of hydrogen-bond donors (Lipinski definition) is 0. The number of benzene rings is 1. The second-order valence-corrected chi connectivity index (χ2v) is 7.95. The molecule has 1 saturated heterocycles. The van der Waals surface area contributed by atoms with Gasteiger partial charge in [-0.3, -0.25) is 9.59 Å². The van der Waals surface area contributed by atoms with Crippen LogP contribution >= 0.6 is 0 Å². The predicted octanol–water partition coefficient (Wildman–Crippen LogP) is 5.40. The topological polar surface area (TPSA) is 46.6 Å². The third-order valence-electron chi connectivity index (χ3n) is 5.63. The van der Waals surface area contributed by atoms with E-state index in [1.54, 1.807) is 0 Å². The zero-order valence-corrected chi connectivity index (χ0v) is 17.8. The number of aryl methyl sites for hydroxylation is 1. The fraction of sp³-hybridized carbons (Fsp3) is 0.667. The fourth-order valence-corrected chi connectivity index (χ4v) is 3.69. The number of carbonyl (C=O) groups excluding carboxylic acids is 2. The van der Waals surface area contributed by atoms with Crippen molar-refractivity contribution in [2.45, 2.75) is 78.1 Å². The van der Waals surface area contributed by atoms with E-state index in [-0.39, 0.29) is 17.8 Å². The minimum absolute atomic E-state index is 0.0592. The summed E-state index contributed by atoms with van der Waals surface area (Å²) in [6, 6.07) is 8.00. The summed E-state index contributed by atoms with van der Waals surface area (Å²) in [7, 11) is 0. The number of likely N-dealkylation sites (tertiary alicyclic amines) is 1. The van der Waals surface area contributed by atoms with E-state index in [4.69, 9.17) is 4.74 Å². The van der Waals surface area contributed by atoms with E-state index in [0.717, 1.165) is 24.8 Å². The van der Waals surface area contributed by atoms with Crippen LogP contribution in [0.25, 0.3) is 0 Å². The lowest BCUT2D eigenvalue weighted by Gasteiger charge is -2.31. The van der Waals surface area contributed by atoms with Crippen molar-refractivity contribution in [3.05, 3.63) is 35.4 Å². The van der Waals surface area contributed by atoms with Gasteiger partial charge in [0.05, 0.1) is 12.5 Å². The monoisotopic (exact) mass is 387 g/mol. The third-order valence-corrected chi connectivity index (χ3v) is 5.63. The highest BCUT2D eigenvalue weighted by Gasteiger charge is 2.28. The van der Waals surface area contributed by atoms with Crippen molar-refractivity contribution in [2.75, 3.05) is 19.7 Å². The second kappa shape index (κ2) is 12.6. The van der Waals surface area contributed by atoms with Crippen molar-refractivity contribution in [3.63, 3.8) is 0 Å². The Labute approximate surface area is 170 Å². The molecule has 0 bridgehead atoms. The van der Waals surface area contributed by atoms with Crippen molar-refractivity contribution in [3.8, 4) is 0 Å². The van der Waals surface area contributed by atoms with Gasteiger partial charge >= 0.3 is 5.97 Å². The molecule has 0 saturated carbocycles. The Bertz CT molecular complexity index is 588. The van der Waals surface area contributed by atoms with Gasteiger partial charge in [-0.2, -0.15) is 0 Å². The Kier molecular flexibility index (Phi) is 10.1. The zero-order chi connectivity index (χ0) is 20.2. The number of piperidine rings is 1. The van der Waals surface area contributed by atoms with Gasteiger partial charge in [-0.25, -0.2) is 0 Å². The molecule has 1 aromatic carbocycles. The molecule has 4 nitrogen and oxygen atoms in total. The van der Waals surface area contributed by atoms with Gasteiger partial charge in [0.1, 0.15) is 0 Å². The van der Waals surface area contributed by atoms with Gasteiger partial charge in [0.25, 0.3) is 5.91 Å². The van der Waals surface area contributed by atoms with Gasteiger partial charge in [0.15, 0.2) is 0 Å². The maximum Gasteiger partial charge on any atom is 0.309 e. The van der Waals surface area contributed by atoms with Crippen LogP contribution in [0.2, 0.25) is 0 Å². The van der Waals surface area contributed by atoms with Crippen molar-refractivity contribution in [1.29, 1.82) is 0 Å². The highest BCUT2D eigenvalue weighted by Crippen LogP contribution is 2.21. The Morgan fingerprint density at radius 1 is 0.929 bits per heavy atom. The fourth-order valence-electron chi connectivity index (χ4n) is 3.69. The number of nitrogens with zero attached hydrogens (tertiary/aromatic N) is 1. The van der Waals surface area contributed by atoms with E-state index in [1.165, 1.54) is 37.7 Å². The van der Waals surface area contributed by atoms with E-state index in [9.17, 15) is 9.59 Å². The second-order valence-electron chi connectivity index (χ2n) is 7.95. The highest BCUT2D eigenvalue weighted by atomic mass is 16.5. The quantitative estimate of drug-likeness (QED) is 0.377. The average Bonchev–Trinajstić information content (AvgIpc) is 2.74. The molecule has 1 heterocycles. The summed E-state index contributed by atoms with van der Waals surface area (Å²) >= 11 is 0. The smallest absolute Gasteiger partial charge is 0.309 e. The minimum Gasteiger partial charge on any atom is -0.465 e. The van der Waals surface area contributed by atoms with Crippen molar-refractivity contribution < 1.29 is 14.3 Å². The maximum absolute atomic E-state index is 12.7. The third kappa shape index (κ3) is 7.29. The normalized spacial score (nSPS) is 14.9.